The van der Waals surface area contributed by atoms with E-state index in [4.69, 9.17) is 5.11 Å². The number of aliphatic hydroxyl groups excluding tert-OH is 1. The first-order valence-electron chi connectivity index (χ1n) is 2.13. The minimum atomic E-state index is -1.96. The van der Waals surface area contributed by atoms with E-state index in [1.807, 2.05) is 0 Å². The number of carbonyl (C=O) groups excluding carboxylic acids is 2. The maximum Gasteiger partial charge on any atom is 2.00 e. The van der Waals surface area contributed by atoms with Gasteiger partial charge in [-0.2, -0.15) is 0 Å². The van der Waals surface area contributed by atoms with E-state index in [2.05, 4.69) is 0 Å². The van der Waals surface area contributed by atoms with Crippen LogP contribution >= 0.6 is 0 Å². The molecular weight excluding hydrogens is 200 g/mol. The van der Waals surface area contributed by atoms with Gasteiger partial charge in [0.1, 0.15) is 0 Å². The van der Waals surface area contributed by atoms with Crippen LogP contribution in [0.25, 0.3) is 0 Å². The molecule has 0 spiro atoms. The van der Waals surface area contributed by atoms with Crippen LogP contribution in [0.5, 0.6) is 0 Å². The van der Waals surface area contributed by atoms with Crippen molar-refractivity contribution < 1.29 is 41.3 Å². The van der Waals surface area contributed by atoms with Gasteiger partial charge in [-0.15, -0.1) is 0 Å². The van der Waals surface area contributed by atoms with Gasteiger partial charge < -0.3 is 41.3 Å². The van der Waals surface area contributed by atoms with E-state index in [1.165, 1.54) is 0 Å². The standard InChI is InChI=1S/C4H6O5.Mg.3H2O/c5-2(4(8)9)1-3(6)7;;;;/h2,5H,1H2,(H,6,7)(H,8,9);;3*1H2/q;+2;;;/p-2. The van der Waals surface area contributed by atoms with Crippen molar-refractivity contribution in [3.8, 4) is 0 Å². The number of rotatable bonds is 3. The van der Waals surface area contributed by atoms with Crippen LogP contribution in [0.4, 0.5) is 0 Å². The maximum atomic E-state index is 9.58. The van der Waals surface area contributed by atoms with Crippen molar-refractivity contribution in [2.45, 2.75) is 12.5 Å². The average Bonchev–Trinajstić information content (AvgIpc) is 1.63. The van der Waals surface area contributed by atoms with Crippen LogP contribution in [0.2, 0.25) is 0 Å². The molecule has 8 nitrogen and oxygen atoms in total. The number of carbonyl (C=O) groups is 2. The van der Waals surface area contributed by atoms with E-state index in [0.717, 1.165) is 0 Å². The molecule has 0 saturated heterocycles. The van der Waals surface area contributed by atoms with Crippen molar-refractivity contribution in [1.29, 1.82) is 0 Å². The quantitative estimate of drug-likeness (QED) is 0.451. The summed E-state index contributed by atoms with van der Waals surface area (Å²) in [6.07, 6.45) is -2.89. The summed E-state index contributed by atoms with van der Waals surface area (Å²) in [7, 11) is 0. The molecule has 76 valence electrons. The predicted octanol–water partition coefficient (Wildman–Crippen LogP) is -6.62. The van der Waals surface area contributed by atoms with Crippen molar-refractivity contribution in [3.05, 3.63) is 0 Å². The van der Waals surface area contributed by atoms with Crippen LogP contribution in [-0.4, -0.2) is 62.6 Å². The van der Waals surface area contributed by atoms with E-state index in [0.29, 0.717) is 0 Å². The van der Waals surface area contributed by atoms with E-state index in [9.17, 15) is 19.8 Å². The summed E-state index contributed by atoms with van der Waals surface area (Å²) < 4.78 is 0. The van der Waals surface area contributed by atoms with Gasteiger partial charge in [0.05, 0.1) is 12.1 Å². The summed E-state index contributed by atoms with van der Waals surface area (Å²) in [6, 6.07) is 0. The van der Waals surface area contributed by atoms with Crippen molar-refractivity contribution in [2.24, 2.45) is 0 Å². The Labute approximate surface area is 89.3 Å². The fourth-order valence-electron chi connectivity index (χ4n) is 0.241. The average molecular weight is 210 g/mol. The van der Waals surface area contributed by atoms with Gasteiger partial charge in [0.25, 0.3) is 0 Å². The third-order valence-electron chi connectivity index (χ3n) is 0.632. The summed E-state index contributed by atoms with van der Waals surface area (Å²) in [5.41, 5.74) is 0. The van der Waals surface area contributed by atoms with Gasteiger partial charge in [0, 0.05) is 12.4 Å². The minimum absolute atomic E-state index is 0. The van der Waals surface area contributed by atoms with Crippen LogP contribution in [0, 0.1) is 0 Å². The van der Waals surface area contributed by atoms with Gasteiger partial charge in [-0.05, 0) is 0 Å². The largest absolute Gasteiger partial charge is 2.00 e. The maximum absolute atomic E-state index is 9.58. The fourth-order valence-corrected chi connectivity index (χ4v) is 0.241. The molecule has 0 aromatic heterocycles. The van der Waals surface area contributed by atoms with Gasteiger partial charge in [0.15, 0.2) is 0 Å². The first kappa shape index (κ1) is 29.4. The smallest absolute Gasteiger partial charge is 0.550 e. The number of hydrogen-bond donors (Lipinski definition) is 1. The number of aliphatic carboxylic acids is 2. The molecule has 0 saturated carbocycles. The van der Waals surface area contributed by atoms with Crippen molar-refractivity contribution in [2.75, 3.05) is 0 Å². The van der Waals surface area contributed by atoms with Crippen molar-refractivity contribution in [1.82, 2.24) is 0 Å². The Balaban J connectivity index is -0.0000000533. The topological polar surface area (TPSA) is 195 Å². The molecule has 9 heteroatoms. The first-order valence-corrected chi connectivity index (χ1v) is 2.13. The molecule has 0 radical (unpaired) electrons. The van der Waals surface area contributed by atoms with Crippen LogP contribution in [0.3, 0.4) is 0 Å². The second-order valence-electron chi connectivity index (χ2n) is 1.41. The molecule has 0 aliphatic heterocycles. The Bertz CT molecular complexity index is 136. The van der Waals surface area contributed by atoms with Crippen molar-refractivity contribution in [3.63, 3.8) is 0 Å². The Morgan fingerprint density at radius 2 is 1.46 bits per heavy atom. The van der Waals surface area contributed by atoms with Gasteiger partial charge in [0.2, 0.25) is 0 Å². The van der Waals surface area contributed by atoms with Crippen LogP contribution < -0.4 is 10.2 Å². The second kappa shape index (κ2) is 14.1. The molecule has 13 heavy (non-hydrogen) atoms. The molecule has 0 aromatic rings. The van der Waals surface area contributed by atoms with Gasteiger partial charge >= 0.3 is 23.1 Å². The molecule has 7 N–H and O–H groups in total. The fraction of sp³-hybridized carbons (Fsp3) is 0.500. The number of hydrogen-bond acceptors (Lipinski definition) is 5. The number of aliphatic hydroxyl groups is 1. The Morgan fingerprint density at radius 3 is 1.54 bits per heavy atom. The summed E-state index contributed by atoms with van der Waals surface area (Å²) in [5.74, 6) is -3.43. The van der Waals surface area contributed by atoms with Crippen LogP contribution in [0.15, 0.2) is 0 Å². The molecule has 0 amide bonds. The zero-order chi connectivity index (χ0) is 7.44. The minimum Gasteiger partial charge on any atom is -0.550 e. The molecule has 0 fully saturated rings. The summed E-state index contributed by atoms with van der Waals surface area (Å²) in [5, 5.41) is 27.3. The van der Waals surface area contributed by atoms with Gasteiger partial charge in [-0.1, -0.05) is 0 Å². The van der Waals surface area contributed by atoms with Crippen LogP contribution in [-0.2, 0) is 9.59 Å². The van der Waals surface area contributed by atoms with Crippen molar-refractivity contribution >= 4 is 35.0 Å². The molecule has 0 rings (SSSR count). The van der Waals surface area contributed by atoms with Gasteiger partial charge in [-0.3, -0.25) is 0 Å². The molecule has 0 bridgehead atoms. The van der Waals surface area contributed by atoms with E-state index in [1.54, 1.807) is 0 Å². The second-order valence-corrected chi connectivity index (χ2v) is 1.41. The summed E-state index contributed by atoms with van der Waals surface area (Å²) in [4.78, 5) is 19.1. The monoisotopic (exact) mass is 210 g/mol. The Kier molecular flexibility index (Phi) is 31.8. The summed E-state index contributed by atoms with van der Waals surface area (Å²) >= 11 is 0. The Morgan fingerprint density at radius 1 is 1.15 bits per heavy atom. The zero-order valence-corrected chi connectivity index (χ0v) is 7.99. The Hall–Kier alpha value is -0.454. The SMILES string of the molecule is O.O.O.O=C([O-])CC(O)C(=O)[O-].[Mg+2]. The van der Waals surface area contributed by atoms with E-state index >= 15 is 0 Å². The zero-order valence-electron chi connectivity index (χ0n) is 6.57. The number of carboxylic acid groups (broad SMARTS) is 2. The molecule has 1 unspecified atom stereocenters. The van der Waals surface area contributed by atoms with Crippen LogP contribution in [0.1, 0.15) is 6.42 Å². The normalized spacial score (nSPS) is 8.69. The predicted molar refractivity (Wildman–Crippen MR) is 37.2 cm³/mol. The third-order valence-corrected chi connectivity index (χ3v) is 0.632. The molecule has 0 heterocycles. The van der Waals surface area contributed by atoms with E-state index in [-0.39, 0.29) is 39.5 Å². The molecule has 0 aliphatic carbocycles. The summed E-state index contributed by atoms with van der Waals surface area (Å²) in [6.45, 7) is 0. The van der Waals surface area contributed by atoms with Gasteiger partial charge in [-0.25, -0.2) is 0 Å². The third kappa shape index (κ3) is 18.5. The van der Waals surface area contributed by atoms with E-state index < -0.39 is 24.5 Å². The molecule has 0 aromatic carbocycles. The molecule has 0 aliphatic rings. The molecule has 1 atom stereocenters. The molecular formula is C4H10MgO8. The number of carboxylic acids is 2. The first-order chi connectivity index (χ1) is 4.04.